The molecule has 35 heavy (non-hydrogen) atoms. The monoisotopic (exact) mass is 491 g/mol. The van der Waals surface area contributed by atoms with Crippen LogP contribution in [0.2, 0.25) is 0 Å². The second kappa shape index (κ2) is 16.1. The normalized spacial score (nSPS) is 12.9. The Hall–Kier alpha value is -2.64. The third kappa shape index (κ3) is 10.2. The van der Waals surface area contributed by atoms with Crippen molar-refractivity contribution in [3.8, 4) is 17.1 Å². The van der Waals surface area contributed by atoms with Gasteiger partial charge in [0.05, 0.1) is 4.92 Å². The Morgan fingerprint density at radius 3 is 2.20 bits per heavy atom. The van der Waals surface area contributed by atoms with E-state index < -0.39 is 23.9 Å². The highest BCUT2D eigenvalue weighted by Crippen LogP contribution is 2.32. The summed E-state index contributed by atoms with van der Waals surface area (Å²) in [6.45, 7) is 3.63. The van der Waals surface area contributed by atoms with Gasteiger partial charge in [0.2, 0.25) is 0 Å². The first-order valence-corrected chi connectivity index (χ1v) is 13.0. The molecule has 0 aliphatic carbocycles. The third-order valence-corrected chi connectivity index (χ3v) is 6.06. The first-order chi connectivity index (χ1) is 17.0. The lowest BCUT2D eigenvalue weighted by Crippen LogP contribution is -2.24. The largest absolute Gasteiger partial charge is 0.484 e. The van der Waals surface area contributed by atoms with Gasteiger partial charge in [0, 0.05) is 24.0 Å². The van der Waals surface area contributed by atoms with Gasteiger partial charge < -0.3 is 4.74 Å². The predicted molar refractivity (Wildman–Crippen MR) is 135 cm³/mol. The standard InChI is InChI=1S/C27H39F2N3O3/c1-3-5-7-8-9-10-12-13-21-18-30-27(31-19-21)22-15-16-26(25(17-22)32(33)34)35-20-24(29)23(28)14-11-6-4-2/h15-19,23-24H,3-14,20H2,1-2H3/t23-,24-/m1/s1. The summed E-state index contributed by atoms with van der Waals surface area (Å²) in [4.78, 5) is 19.7. The topological polar surface area (TPSA) is 78.2 Å². The number of unbranched alkanes of at least 4 members (excludes halogenated alkanes) is 8. The second-order valence-corrected chi connectivity index (χ2v) is 9.06. The van der Waals surface area contributed by atoms with Gasteiger partial charge in [-0.15, -0.1) is 0 Å². The van der Waals surface area contributed by atoms with Gasteiger partial charge in [0.25, 0.3) is 0 Å². The van der Waals surface area contributed by atoms with Crippen molar-refractivity contribution >= 4 is 5.69 Å². The van der Waals surface area contributed by atoms with Gasteiger partial charge in [-0.05, 0) is 37.0 Å². The van der Waals surface area contributed by atoms with Gasteiger partial charge in [0.15, 0.2) is 17.7 Å². The highest BCUT2D eigenvalue weighted by Gasteiger charge is 2.23. The Morgan fingerprint density at radius 1 is 0.914 bits per heavy atom. The quantitative estimate of drug-likeness (QED) is 0.120. The first kappa shape index (κ1) is 28.6. The fraction of sp³-hybridized carbons (Fsp3) is 0.630. The fourth-order valence-corrected chi connectivity index (χ4v) is 3.88. The zero-order chi connectivity index (χ0) is 25.5. The van der Waals surface area contributed by atoms with Crippen LogP contribution in [0.1, 0.15) is 90.0 Å². The lowest BCUT2D eigenvalue weighted by molar-refractivity contribution is -0.385. The van der Waals surface area contributed by atoms with Crippen molar-refractivity contribution in [1.29, 1.82) is 0 Å². The number of nitro groups is 1. The van der Waals surface area contributed by atoms with E-state index in [0.29, 0.717) is 17.8 Å². The molecule has 1 heterocycles. The van der Waals surface area contributed by atoms with Crippen molar-refractivity contribution in [3.05, 3.63) is 46.3 Å². The Bertz CT molecular complexity index is 880. The van der Waals surface area contributed by atoms with Gasteiger partial charge in [-0.1, -0.05) is 71.6 Å². The molecule has 0 bridgehead atoms. The number of halogens is 2. The average Bonchev–Trinajstić information content (AvgIpc) is 2.87. The van der Waals surface area contributed by atoms with Crippen LogP contribution in [0, 0.1) is 10.1 Å². The molecule has 2 rings (SSSR count). The van der Waals surface area contributed by atoms with Crippen LogP contribution in [0.15, 0.2) is 30.6 Å². The predicted octanol–water partition coefficient (Wildman–Crippen LogP) is 7.98. The summed E-state index contributed by atoms with van der Waals surface area (Å²) in [7, 11) is 0. The van der Waals surface area contributed by atoms with Gasteiger partial charge in [-0.3, -0.25) is 10.1 Å². The van der Waals surface area contributed by atoms with E-state index in [9.17, 15) is 18.9 Å². The number of ether oxygens (including phenoxy) is 1. The highest BCUT2D eigenvalue weighted by molar-refractivity contribution is 5.63. The zero-order valence-corrected chi connectivity index (χ0v) is 21.1. The van der Waals surface area contributed by atoms with Gasteiger partial charge in [-0.25, -0.2) is 18.7 Å². The van der Waals surface area contributed by atoms with Crippen LogP contribution in [0.5, 0.6) is 5.75 Å². The van der Waals surface area contributed by atoms with Crippen LogP contribution in [-0.2, 0) is 6.42 Å². The molecule has 0 saturated carbocycles. The maximum absolute atomic E-state index is 14.1. The van der Waals surface area contributed by atoms with E-state index in [2.05, 4.69) is 16.9 Å². The molecule has 0 aliphatic rings. The molecule has 2 aromatic rings. The summed E-state index contributed by atoms with van der Waals surface area (Å²) in [5.41, 5.74) is 1.17. The summed E-state index contributed by atoms with van der Waals surface area (Å²) >= 11 is 0. The van der Waals surface area contributed by atoms with Crippen molar-refractivity contribution in [2.75, 3.05) is 6.61 Å². The molecule has 1 aromatic heterocycles. The van der Waals surface area contributed by atoms with Crippen molar-refractivity contribution in [2.45, 2.75) is 103 Å². The Balaban J connectivity index is 1.92. The van der Waals surface area contributed by atoms with Crippen LogP contribution < -0.4 is 4.74 Å². The molecule has 0 N–H and O–H groups in total. The van der Waals surface area contributed by atoms with Gasteiger partial charge >= 0.3 is 5.69 Å². The number of aromatic nitrogens is 2. The zero-order valence-electron chi connectivity index (χ0n) is 21.1. The molecular formula is C27H39F2N3O3. The molecule has 0 radical (unpaired) electrons. The summed E-state index contributed by atoms with van der Waals surface area (Å²) in [5, 5.41) is 11.6. The maximum Gasteiger partial charge on any atom is 0.311 e. The van der Waals surface area contributed by atoms with Gasteiger partial charge in [-0.2, -0.15) is 0 Å². The number of hydrogen-bond donors (Lipinski definition) is 0. The molecule has 2 atom stereocenters. The summed E-state index contributed by atoms with van der Waals surface area (Å²) in [6.07, 6.45) is 12.0. The van der Waals surface area contributed by atoms with E-state index >= 15 is 0 Å². The third-order valence-electron chi connectivity index (χ3n) is 6.06. The smallest absolute Gasteiger partial charge is 0.311 e. The van der Waals surface area contributed by atoms with Crippen LogP contribution in [0.25, 0.3) is 11.4 Å². The molecule has 0 spiro atoms. The molecule has 1 aromatic carbocycles. The minimum absolute atomic E-state index is 0.0993. The number of rotatable bonds is 18. The van der Waals surface area contributed by atoms with E-state index in [1.165, 1.54) is 50.7 Å². The van der Waals surface area contributed by atoms with E-state index in [0.717, 1.165) is 31.2 Å². The minimum atomic E-state index is -1.83. The number of benzene rings is 1. The second-order valence-electron chi connectivity index (χ2n) is 9.06. The van der Waals surface area contributed by atoms with Crippen molar-refractivity contribution < 1.29 is 18.4 Å². The molecule has 8 heteroatoms. The molecule has 6 nitrogen and oxygen atoms in total. The molecular weight excluding hydrogens is 452 g/mol. The molecule has 0 unspecified atom stereocenters. The number of nitro benzene ring substituents is 1. The molecule has 0 fully saturated rings. The van der Waals surface area contributed by atoms with Crippen molar-refractivity contribution in [3.63, 3.8) is 0 Å². The minimum Gasteiger partial charge on any atom is -0.484 e. The van der Waals surface area contributed by atoms with E-state index in [4.69, 9.17) is 4.74 Å². The summed E-state index contributed by atoms with van der Waals surface area (Å²) in [5.74, 6) is 0.267. The number of nitrogens with zero attached hydrogens (tertiary/aromatic N) is 3. The first-order valence-electron chi connectivity index (χ1n) is 13.0. The van der Waals surface area contributed by atoms with Gasteiger partial charge in [0.1, 0.15) is 12.8 Å². The Kier molecular flexibility index (Phi) is 13.2. The fourth-order valence-electron chi connectivity index (χ4n) is 3.88. The number of hydrogen-bond acceptors (Lipinski definition) is 5. The van der Waals surface area contributed by atoms with E-state index in [1.807, 2.05) is 6.92 Å². The molecule has 194 valence electrons. The van der Waals surface area contributed by atoms with Crippen molar-refractivity contribution in [1.82, 2.24) is 9.97 Å². The average molecular weight is 492 g/mol. The Labute approximate surface area is 207 Å². The summed E-state index contributed by atoms with van der Waals surface area (Å²) in [6, 6.07) is 4.29. The van der Waals surface area contributed by atoms with Crippen LogP contribution in [0.3, 0.4) is 0 Å². The Morgan fingerprint density at radius 2 is 1.54 bits per heavy atom. The van der Waals surface area contributed by atoms with Crippen LogP contribution in [0.4, 0.5) is 14.5 Å². The molecule has 0 amide bonds. The van der Waals surface area contributed by atoms with Crippen LogP contribution >= 0.6 is 0 Å². The highest BCUT2D eigenvalue weighted by atomic mass is 19.2. The molecule has 0 aliphatic heterocycles. The van der Waals surface area contributed by atoms with Crippen molar-refractivity contribution in [2.24, 2.45) is 0 Å². The lowest BCUT2D eigenvalue weighted by Gasteiger charge is -2.15. The lowest BCUT2D eigenvalue weighted by atomic mass is 10.1. The molecule has 0 saturated heterocycles. The number of aryl methyl sites for hydroxylation is 1. The van der Waals surface area contributed by atoms with E-state index in [-0.39, 0.29) is 17.9 Å². The van der Waals surface area contributed by atoms with E-state index in [1.54, 1.807) is 18.5 Å². The van der Waals surface area contributed by atoms with Crippen LogP contribution in [-0.4, -0.2) is 33.8 Å². The summed E-state index contributed by atoms with van der Waals surface area (Å²) < 4.78 is 33.4. The maximum atomic E-state index is 14.1. The SMILES string of the molecule is CCCCCCCCCc1cnc(-c2ccc(OC[C@@H](F)[C@H](F)CCCCC)c([N+](=O)[O-])c2)nc1. The number of alkyl halides is 2.